The summed E-state index contributed by atoms with van der Waals surface area (Å²) in [4.78, 5) is 49.7. The molecule has 1 atom stereocenters. The molecule has 8 nitrogen and oxygen atoms in total. The molecular formula is C24H25ClFN5O3S. The van der Waals surface area contributed by atoms with Crippen LogP contribution in [0, 0.1) is 6.92 Å². The number of carbonyl (C=O) groups is 2. The van der Waals surface area contributed by atoms with Crippen molar-refractivity contribution in [1.29, 1.82) is 0 Å². The van der Waals surface area contributed by atoms with Gasteiger partial charge in [-0.15, -0.1) is 11.3 Å². The highest BCUT2D eigenvalue weighted by molar-refractivity contribution is 7.20. The van der Waals surface area contributed by atoms with Crippen molar-refractivity contribution >= 4 is 50.7 Å². The summed E-state index contributed by atoms with van der Waals surface area (Å²) in [5.41, 5.74) is 1.24. The molecule has 0 spiro atoms. The Morgan fingerprint density at radius 3 is 2.63 bits per heavy atom. The fourth-order valence-electron chi connectivity index (χ4n) is 4.65. The smallest absolute Gasteiger partial charge is 0.264 e. The van der Waals surface area contributed by atoms with E-state index in [2.05, 4.69) is 9.88 Å². The van der Waals surface area contributed by atoms with Crippen molar-refractivity contribution in [2.24, 2.45) is 0 Å². The predicted molar refractivity (Wildman–Crippen MR) is 134 cm³/mol. The summed E-state index contributed by atoms with van der Waals surface area (Å²) >= 11 is 7.31. The molecular weight excluding hydrogens is 493 g/mol. The topological polar surface area (TPSA) is 78.8 Å². The van der Waals surface area contributed by atoms with E-state index in [1.165, 1.54) is 27.1 Å². The van der Waals surface area contributed by atoms with Crippen molar-refractivity contribution in [3.05, 3.63) is 56.4 Å². The number of halogens is 2. The van der Waals surface area contributed by atoms with Crippen LogP contribution in [-0.4, -0.2) is 76.6 Å². The van der Waals surface area contributed by atoms with Crippen LogP contribution < -0.4 is 10.5 Å². The first-order chi connectivity index (χ1) is 16.8. The Hall–Kier alpha value is -2.98. The second-order valence-corrected chi connectivity index (χ2v) is 10.3. The van der Waals surface area contributed by atoms with Crippen LogP contribution in [0.4, 0.5) is 10.1 Å². The Bertz CT molecular complexity index is 1350. The molecule has 2 saturated heterocycles. The number of hydrogen-bond donors (Lipinski definition) is 0. The lowest BCUT2D eigenvalue weighted by Gasteiger charge is -2.36. The maximum atomic E-state index is 13.5. The lowest BCUT2D eigenvalue weighted by atomic mass is 10.2. The zero-order chi connectivity index (χ0) is 24.7. The predicted octanol–water partition coefficient (Wildman–Crippen LogP) is 2.95. The summed E-state index contributed by atoms with van der Waals surface area (Å²) in [7, 11) is 0. The molecule has 35 heavy (non-hydrogen) atoms. The zero-order valence-electron chi connectivity index (χ0n) is 19.2. The van der Waals surface area contributed by atoms with Crippen LogP contribution in [0.2, 0.25) is 5.02 Å². The Morgan fingerprint density at radius 2 is 1.94 bits per heavy atom. The largest absolute Gasteiger partial charge is 0.368 e. The molecule has 2 fully saturated rings. The van der Waals surface area contributed by atoms with Gasteiger partial charge in [-0.05, 0) is 37.1 Å². The molecule has 3 aromatic rings. The number of piperazine rings is 1. The number of likely N-dealkylation sites (tertiary alicyclic amines) is 1. The quantitative estimate of drug-likeness (QED) is 0.531. The van der Waals surface area contributed by atoms with Gasteiger partial charge < -0.3 is 14.7 Å². The summed E-state index contributed by atoms with van der Waals surface area (Å²) in [6, 6.07) is 7.65. The van der Waals surface area contributed by atoms with Crippen molar-refractivity contribution in [3.63, 3.8) is 0 Å². The van der Waals surface area contributed by atoms with E-state index < -0.39 is 6.17 Å². The van der Waals surface area contributed by atoms with Crippen molar-refractivity contribution in [2.75, 3.05) is 44.2 Å². The van der Waals surface area contributed by atoms with Crippen LogP contribution in [0.1, 0.15) is 21.7 Å². The second-order valence-electron chi connectivity index (χ2n) is 8.90. The average Bonchev–Trinajstić information content (AvgIpc) is 3.44. The van der Waals surface area contributed by atoms with Crippen molar-refractivity contribution < 1.29 is 14.0 Å². The van der Waals surface area contributed by atoms with Gasteiger partial charge in [0.15, 0.2) is 0 Å². The Morgan fingerprint density at radius 1 is 1.17 bits per heavy atom. The number of alkyl halides is 1. The number of aryl methyl sites for hydroxylation is 1. The van der Waals surface area contributed by atoms with Crippen LogP contribution in [0.3, 0.4) is 0 Å². The van der Waals surface area contributed by atoms with Gasteiger partial charge >= 0.3 is 0 Å². The summed E-state index contributed by atoms with van der Waals surface area (Å²) in [5.74, 6) is -0.431. The zero-order valence-corrected chi connectivity index (χ0v) is 20.8. The summed E-state index contributed by atoms with van der Waals surface area (Å²) in [6.45, 7) is 4.43. The van der Waals surface area contributed by atoms with Crippen molar-refractivity contribution in [1.82, 2.24) is 19.4 Å². The molecule has 0 bridgehead atoms. The van der Waals surface area contributed by atoms with Crippen LogP contribution in [0.5, 0.6) is 0 Å². The van der Waals surface area contributed by atoms with E-state index in [9.17, 15) is 18.8 Å². The van der Waals surface area contributed by atoms with Crippen LogP contribution in [0.25, 0.3) is 10.2 Å². The lowest BCUT2D eigenvalue weighted by Crippen LogP contribution is -2.48. The number of benzene rings is 1. The minimum Gasteiger partial charge on any atom is -0.368 e. The first-order valence-electron chi connectivity index (χ1n) is 11.5. The normalized spacial score (nSPS) is 18.5. The number of thiophene rings is 1. The monoisotopic (exact) mass is 517 g/mol. The number of amides is 2. The highest BCUT2D eigenvalue weighted by Crippen LogP contribution is 2.29. The highest BCUT2D eigenvalue weighted by atomic mass is 35.5. The summed E-state index contributed by atoms with van der Waals surface area (Å²) < 4.78 is 14.7. The molecule has 2 amide bonds. The Kier molecular flexibility index (Phi) is 6.50. The molecule has 0 N–H and O–H groups in total. The first kappa shape index (κ1) is 23.7. The number of carbonyl (C=O) groups excluding carboxylic acids is 2. The summed E-state index contributed by atoms with van der Waals surface area (Å²) in [5, 5.41) is 1.03. The standard InChI is InChI=1S/C24H25ClFN5O3S/c1-15-20-22(27-14-31(23(20)33)13-19(32)30-6-5-17(26)12-30)35-21(15)24(34)29-9-7-28(8-10-29)18-4-2-3-16(25)11-18/h2-4,11,14,17H,5-10,12-13H2,1H3/t17-/m1/s1. The molecule has 2 aliphatic rings. The van der Waals surface area contributed by atoms with Crippen LogP contribution >= 0.6 is 22.9 Å². The molecule has 2 aromatic heterocycles. The average molecular weight is 518 g/mol. The van der Waals surface area contributed by atoms with Gasteiger partial charge in [-0.25, -0.2) is 9.37 Å². The molecule has 4 heterocycles. The first-order valence-corrected chi connectivity index (χ1v) is 12.7. The van der Waals surface area contributed by atoms with E-state index in [-0.39, 0.29) is 30.5 Å². The van der Waals surface area contributed by atoms with Gasteiger partial charge in [-0.2, -0.15) is 0 Å². The highest BCUT2D eigenvalue weighted by Gasteiger charge is 2.28. The third-order valence-electron chi connectivity index (χ3n) is 6.64. The fraction of sp³-hybridized carbons (Fsp3) is 0.417. The lowest BCUT2D eigenvalue weighted by molar-refractivity contribution is -0.131. The van der Waals surface area contributed by atoms with Gasteiger partial charge in [0.1, 0.15) is 17.5 Å². The number of aromatic nitrogens is 2. The van der Waals surface area contributed by atoms with Gasteiger partial charge in [-0.3, -0.25) is 19.0 Å². The van der Waals surface area contributed by atoms with Gasteiger partial charge in [0, 0.05) is 43.4 Å². The number of fused-ring (bicyclic) bond motifs is 1. The van der Waals surface area contributed by atoms with E-state index in [1.54, 1.807) is 11.8 Å². The molecule has 0 unspecified atom stereocenters. The van der Waals surface area contributed by atoms with Crippen LogP contribution in [0.15, 0.2) is 35.4 Å². The van der Waals surface area contributed by atoms with Crippen LogP contribution in [-0.2, 0) is 11.3 Å². The van der Waals surface area contributed by atoms with Gasteiger partial charge in [0.2, 0.25) is 5.91 Å². The summed E-state index contributed by atoms with van der Waals surface area (Å²) in [6.07, 6.45) is 0.635. The third-order valence-corrected chi connectivity index (χ3v) is 8.06. The SMILES string of the molecule is Cc1c(C(=O)N2CCN(c3cccc(Cl)c3)CC2)sc2ncn(CC(=O)N3CC[C@@H](F)C3)c(=O)c12. The molecule has 0 saturated carbocycles. The molecule has 184 valence electrons. The molecule has 1 aromatic carbocycles. The molecule has 5 rings (SSSR count). The van der Waals surface area contributed by atoms with E-state index in [1.807, 2.05) is 24.3 Å². The molecule has 11 heteroatoms. The maximum absolute atomic E-state index is 13.5. The fourth-order valence-corrected chi connectivity index (χ4v) is 5.94. The number of hydrogen-bond acceptors (Lipinski definition) is 6. The van der Waals surface area contributed by atoms with Crippen molar-refractivity contribution in [3.8, 4) is 0 Å². The second kappa shape index (κ2) is 9.58. The molecule has 2 aliphatic heterocycles. The third kappa shape index (κ3) is 4.64. The maximum Gasteiger partial charge on any atom is 0.264 e. The van der Waals surface area contributed by atoms with E-state index >= 15 is 0 Å². The van der Waals surface area contributed by atoms with Gasteiger partial charge in [0.25, 0.3) is 11.5 Å². The number of rotatable bonds is 4. The van der Waals surface area contributed by atoms with Gasteiger partial charge in [0.05, 0.1) is 23.1 Å². The van der Waals surface area contributed by atoms with E-state index in [4.69, 9.17) is 11.6 Å². The number of anilines is 1. The minimum absolute atomic E-state index is 0.0595. The minimum atomic E-state index is -1.02. The Labute approximate surface area is 210 Å². The van der Waals surface area contributed by atoms with Gasteiger partial charge in [-0.1, -0.05) is 17.7 Å². The van der Waals surface area contributed by atoms with Crippen molar-refractivity contribution in [2.45, 2.75) is 26.1 Å². The number of nitrogens with zero attached hydrogens (tertiary/aromatic N) is 5. The van der Waals surface area contributed by atoms with E-state index in [0.717, 1.165) is 5.69 Å². The molecule has 0 radical (unpaired) electrons. The Balaban J connectivity index is 1.32. The van der Waals surface area contributed by atoms with E-state index in [0.29, 0.717) is 64.8 Å². The molecule has 0 aliphatic carbocycles.